The van der Waals surface area contributed by atoms with Crippen LogP contribution in [-0.2, 0) is 19.1 Å². The van der Waals surface area contributed by atoms with Crippen molar-refractivity contribution in [2.75, 3.05) is 26.4 Å². The van der Waals surface area contributed by atoms with Crippen molar-refractivity contribution in [3.63, 3.8) is 0 Å². The minimum atomic E-state index is -0.474. The fourth-order valence-corrected chi connectivity index (χ4v) is 5.67. The van der Waals surface area contributed by atoms with Crippen molar-refractivity contribution >= 4 is 33.5 Å². The lowest BCUT2D eigenvalue weighted by atomic mass is 9.85. The molecule has 0 aliphatic heterocycles. The van der Waals surface area contributed by atoms with E-state index in [9.17, 15) is 9.59 Å². The van der Waals surface area contributed by atoms with E-state index in [1.807, 2.05) is 24.3 Å². The van der Waals surface area contributed by atoms with E-state index < -0.39 is 11.9 Å². The molecule has 0 N–H and O–H groups in total. The van der Waals surface area contributed by atoms with Crippen LogP contribution in [0.3, 0.4) is 0 Å². The highest BCUT2D eigenvalue weighted by Gasteiger charge is 2.18. The second-order valence-corrected chi connectivity index (χ2v) is 10.9. The molecule has 238 valence electrons. The van der Waals surface area contributed by atoms with Crippen LogP contribution in [-0.4, -0.2) is 38.4 Å². The molecule has 0 spiro atoms. The van der Waals surface area contributed by atoms with Crippen LogP contribution in [0.4, 0.5) is 0 Å². The number of hydrogen-bond acceptors (Lipinski definition) is 6. The summed E-state index contributed by atoms with van der Waals surface area (Å²) in [4.78, 5) is 22.7. The van der Waals surface area contributed by atoms with E-state index in [2.05, 4.69) is 110 Å². The first-order chi connectivity index (χ1) is 23.5. The maximum absolute atomic E-state index is 11.3. The standard InChI is InChI=1S/C42H34O6/c1-3-40(43)47-25-23-45-34-18-13-30(14-19-34)37-22-17-29-9-7-8-12-36(29)42(37)39-28-33-11-6-5-10-32(33)27-38(39)31-15-20-35(21-16-31)46-24-26-48-41(44)4-2/h3-22,27-28H,1-2,23-26H2. The van der Waals surface area contributed by atoms with Crippen molar-refractivity contribution < 1.29 is 28.5 Å². The Hall–Kier alpha value is -6.14. The number of fused-ring (bicyclic) bond motifs is 2. The van der Waals surface area contributed by atoms with E-state index in [4.69, 9.17) is 18.9 Å². The fraction of sp³-hybridized carbons (Fsp3) is 0.0952. The fourth-order valence-electron chi connectivity index (χ4n) is 5.67. The van der Waals surface area contributed by atoms with Gasteiger partial charge in [0.1, 0.15) is 37.9 Å². The zero-order valence-electron chi connectivity index (χ0n) is 26.4. The number of esters is 2. The molecule has 48 heavy (non-hydrogen) atoms. The first kappa shape index (κ1) is 31.8. The third-order valence-corrected chi connectivity index (χ3v) is 7.94. The quantitative estimate of drug-likeness (QED) is 0.0717. The Labute approximate surface area is 279 Å². The molecule has 0 heterocycles. The van der Waals surface area contributed by atoms with Crippen LogP contribution in [0.15, 0.2) is 147 Å². The summed E-state index contributed by atoms with van der Waals surface area (Å²) in [5.74, 6) is 0.420. The lowest BCUT2D eigenvalue weighted by molar-refractivity contribution is -0.139. The number of carbonyl (C=O) groups is 2. The van der Waals surface area contributed by atoms with Gasteiger partial charge in [0.25, 0.3) is 0 Å². The van der Waals surface area contributed by atoms with Crippen LogP contribution in [0.2, 0.25) is 0 Å². The van der Waals surface area contributed by atoms with Crippen molar-refractivity contribution in [3.8, 4) is 44.9 Å². The molecular formula is C42H34O6. The van der Waals surface area contributed by atoms with Gasteiger partial charge in [-0.15, -0.1) is 0 Å². The molecule has 0 aliphatic carbocycles. The average molecular weight is 635 g/mol. The Kier molecular flexibility index (Phi) is 9.92. The topological polar surface area (TPSA) is 71.1 Å². The number of ether oxygens (including phenoxy) is 4. The molecule has 6 aromatic carbocycles. The molecule has 0 aromatic heterocycles. The van der Waals surface area contributed by atoms with Crippen LogP contribution in [0.5, 0.6) is 11.5 Å². The third-order valence-electron chi connectivity index (χ3n) is 7.94. The Morgan fingerprint density at radius 2 is 0.979 bits per heavy atom. The molecule has 6 nitrogen and oxygen atoms in total. The van der Waals surface area contributed by atoms with Crippen molar-refractivity contribution in [1.82, 2.24) is 0 Å². The molecule has 0 atom stereocenters. The van der Waals surface area contributed by atoms with Crippen molar-refractivity contribution in [2.45, 2.75) is 0 Å². The monoisotopic (exact) mass is 634 g/mol. The van der Waals surface area contributed by atoms with Gasteiger partial charge in [0.2, 0.25) is 0 Å². The summed E-state index contributed by atoms with van der Waals surface area (Å²) in [6.45, 7) is 7.59. The van der Waals surface area contributed by atoms with Gasteiger partial charge in [-0.3, -0.25) is 0 Å². The predicted molar refractivity (Wildman–Crippen MR) is 191 cm³/mol. The van der Waals surface area contributed by atoms with Crippen LogP contribution in [0.25, 0.3) is 54.9 Å². The maximum Gasteiger partial charge on any atom is 0.330 e. The zero-order chi connectivity index (χ0) is 33.3. The van der Waals surface area contributed by atoms with E-state index in [0.717, 1.165) is 67.1 Å². The van der Waals surface area contributed by atoms with E-state index in [1.165, 1.54) is 0 Å². The smallest absolute Gasteiger partial charge is 0.330 e. The van der Waals surface area contributed by atoms with Crippen LogP contribution in [0, 0.1) is 0 Å². The zero-order valence-corrected chi connectivity index (χ0v) is 26.4. The highest BCUT2D eigenvalue weighted by atomic mass is 16.6. The largest absolute Gasteiger partial charge is 0.490 e. The molecular weight excluding hydrogens is 600 g/mol. The number of hydrogen-bond donors (Lipinski definition) is 0. The van der Waals surface area contributed by atoms with Gasteiger partial charge in [0, 0.05) is 12.2 Å². The van der Waals surface area contributed by atoms with Gasteiger partial charge in [-0.25, -0.2) is 9.59 Å². The Morgan fingerprint density at radius 3 is 1.52 bits per heavy atom. The van der Waals surface area contributed by atoms with Crippen molar-refractivity contribution in [1.29, 1.82) is 0 Å². The molecule has 0 bridgehead atoms. The minimum Gasteiger partial charge on any atom is -0.490 e. The summed E-state index contributed by atoms with van der Waals surface area (Å²) < 4.78 is 21.7. The van der Waals surface area contributed by atoms with Gasteiger partial charge >= 0.3 is 11.9 Å². The Bertz CT molecular complexity index is 2090. The molecule has 0 aliphatic rings. The Balaban J connectivity index is 1.39. The van der Waals surface area contributed by atoms with Crippen LogP contribution >= 0.6 is 0 Å². The van der Waals surface area contributed by atoms with Gasteiger partial charge in [-0.1, -0.05) is 98.1 Å². The lowest BCUT2D eigenvalue weighted by Crippen LogP contribution is -2.10. The van der Waals surface area contributed by atoms with E-state index in [0.29, 0.717) is 11.5 Å². The Morgan fingerprint density at radius 1 is 0.500 bits per heavy atom. The van der Waals surface area contributed by atoms with E-state index >= 15 is 0 Å². The first-order valence-electron chi connectivity index (χ1n) is 15.6. The van der Waals surface area contributed by atoms with Crippen molar-refractivity contribution in [3.05, 3.63) is 147 Å². The highest BCUT2D eigenvalue weighted by Crippen LogP contribution is 2.44. The van der Waals surface area contributed by atoms with Crippen LogP contribution in [0.1, 0.15) is 0 Å². The molecule has 6 heteroatoms. The first-order valence-corrected chi connectivity index (χ1v) is 15.6. The van der Waals surface area contributed by atoms with Crippen molar-refractivity contribution in [2.24, 2.45) is 0 Å². The molecule has 0 unspecified atom stereocenters. The van der Waals surface area contributed by atoms with Crippen LogP contribution < -0.4 is 9.47 Å². The minimum absolute atomic E-state index is 0.142. The summed E-state index contributed by atoms with van der Waals surface area (Å²) in [6, 6.07) is 41.6. The number of benzene rings is 6. The summed E-state index contributed by atoms with van der Waals surface area (Å²) in [5, 5.41) is 4.57. The molecule has 0 saturated heterocycles. The summed E-state index contributed by atoms with van der Waals surface area (Å²) in [7, 11) is 0. The molecule has 0 fully saturated rings. The molecule has 0 saturated carbocycles. The number of rotatable bonds is 13. The molecule has 6 rings (SSSR count). The summed E-state index contributed by atoms with van der Waals surface area (Å²) in [6.07, 6.45) is 2.27. The molecule has 0 amide bonds. The summed E-state index contributed by atoms with van der Waals surface area (Å²) in [5.41, 5.74) is 6.50. The van der Waals surface area contributed by atoms with Gasteiger partial charge in [0.15, 0.2) is 0 Å². The lowest BCUT2D eigenvalue weighted by Gasteiger charge is -2.19. The summed E-state index contributed by atoms with van der Waals surface area (Å²) >= 11 is 0. The highest BCUT2D eigenvalue weighted by molar-refractivity contribution is 6.09. The second kappa shape index (κ2) is 15.0. The normalized spacial score (nSPS) is 10.8. The van der Waals surface area contributed by atoms with Gasteiger partial charge < -0.3 is 18.9 Å². The predicted octanol–water partition coefficient (Wildman–Crippen LogP) is 9.21. The van der Waals surface area contributed by atoms with Gasteiger partial charge in [-0.05, 0) is 91.3 Å². The molecule has 0 radical (unpaired) electrons. The van der Waals surface area contributed by atoms with Gasteiger partial charge in [-0.2, -0.15) is 0 Å². The molecule has 6 aromatic rings. The van der Waals surface area contributed by atoms with E-state index in [-0.39, 0.29) is 26.4 Å². The third kappa shape index (κ3) is 7.29. The maximum atomic E-state index is 11.3. The average Bonchev–Trinajstić information content (AvgIpc) is 3.14. The van der Waals surface area contributed by atoms with Gasteiger partial charge in [0.05, 0.1) is 0 Å². The van der Waals surface area contributed by atoms with E-state index in [1.54, 1.807) is 0 Å². The second-order valence-electron chi connectivity index (χ2n) is 10.9. The number of carbonyl (C=O) groups excluding carboxylic acids is 2. The SMILES string of the molecule is C=CC(=O)OCCOc1ccc(-c2cc3ccccc3cc2-c2c(-c3ccc(OCCOC(=O)C=C)cc3)ccc3ccccc23)cc1.